The largest absolute Gasteiger partial charge is 0.353 e. The van der Waals surface area contributed by atoms with Gasteiger partial charge in [0.2, 0.25) is 5.91 Å². The number of likely N-dealkylation sites (tertiary alicyclic amines) is 2. The van der Waals surface area contributed by atoms with Crippen molar-refractivity contribution in [2.75, 3.05) is 26.2 Å². The van der Waals surface area contributed by atoms with Crippen LogP contribution >= 0.6 is 0 Å². The van der Waals surface area contributed by atoms with E-state index in [1.807, 2.05) is 17.0 Å². The number of aromatic amines is 1. The lowest BCUT2D eigenvalue weighted by Gasteiger charge is -2.42. The fourth-order valence-corrected chi connectivity index (χ4v) is 4.69. The van der Waals surface area contributed by atoms with E-state index in [1.54, 1.807) is 6.07 Å². The van der Waals surface area contributed by atoms with Crippen LogP contribution in [0, 0.1) is 5.92 Å². The van der Waals surface area contributed by atoms with Gasteiger partial charge in [0.05, 0.1) is 5.92 Å². The summed E-state index contributed by atoms with van der Waals surface area (Å²) < 4.78 is 0. The third-order valence-corrected chi connectivity index (χ3v) is 6.58. The molecule has 29 heavy (non-hydrogen) atoms. The van der Waals surface area contributed by atoms with Gasteiger partial charge in [-0.2, -0.15) is 15.4 Å². The number of piperidine rings is 2. The van der Waals surface area contributed by atoms with E-state index >= 15 is 0 Å². The maximum Gasteiger partial charge on any atom is 0.253 e. The van der Waals surface area contributed by atoms with Crippen molar-refractivity contribution in [1.29, 1.82) is 0 Å². The normalized spacial score (nSPS) is 24.0. The lowest BCUT2D eigenvalue weighted by molar-refractivity contribution is -0.127. The van der Waals surface area contributed by atoms with E-state index in [1.165, 1.54) is 0 Å². The Kier molecular flexibility index (Phi) is 4.95. The number of H-pyrrole nitrogens is 1. The molecule has 2 aromatic rings. The van der Waals surface area contributed by atoms with Crippen LogP contribution in [0.1, 0.15) is 48.9 Å². The molecule has 8 nitrogen and oxygen atoms in total. The fourth-order valence-electron chi connectivity index (χ4n) is 4.69. The number of fused-ring (bicyclic) bond motifs is 1. The number of hydrogen-bond donors (Lipinski definition) is 2. The van der Waals surface area contributed by atoms with Crippen LogP contribution in [0.2, 0.25) is 0 Å². The summed E-state index contributed by atoms with van der Waals surface area (Å²) in [5.74, 6) is 0.431. The zero-order chi connectivity index (χ0) is 19.8. The molecule has 2 saturated heterocycles. The van der Waals surface area contributed by atoms with E-state index in [4.69, 9.17) is 0 Å². The zero-order valence-corrected chi connectivity index (χ0v) is 16.6. The molecule has 1 atom stereocenters. The van der Waals surface area contributed by atoms with Gasteiger partial charge in [-0.1, -0.05) is 0 Å². The van der Waals surface area contributed by atoms with Crippen LogP contribution in [-0.4, -0.2) is 75.3 Å². The molecular weight excluding hydrogens is 368 g/mol. The molecule has 154 valence electrons. The van der Waals surface area contributed by atoms with Crippen LogP contribution in [0.5, 0.6) is 0 Å². The first-order valence-electron chi connectivity index (χ1n) is 10.8. The molecule has 5 rings (SSSR count). The van der Waals surface area contributed by atoms with Crippen molar-refractivity contribution in [3.8, 4) is 0 Å². The number of hydrogen-bond acceptors (Lipinski definition) is 5. The number of nitrogens with zero attached hydrogens (tertiary/aromatic N) is 4. The Hall–Kier alpha value is -2.48. The Morgan fingerprint density at radius 2 is 1.79 bits per heavy atom. The maximum atomic E-state index is 12.9. The lowest BCUT2D eigenvalue weighted by Crippen LogP contribution is -2.51. The number of carbonyl (C=O) groups is 2. The summed E-state index contributed by atoms with van der Waals surface area (Å²) in [5, 5.41) is 13.9. The van der Waals surface area contributed by atoms with Gasteiger partial charge in [-0.3, -0.25) is 14.5 Å². The molecule has 3 heterocycles. The molecule has 0 radical (unpaired) electrons. The van der Waals surface area contributed by atoms with Gasteiger partial charge in [-0.25, -0.2) is 0 Å². The number of rotatable bonds is 4. The Bertz CT molecular complexity index is 899. The second-order valence-corrected chi connectivity index (χ2v) is 8.67. The highest BCUT2D eigenvalue weighted by Crippen LogP contribution is 2.26. The average Bonchev–Trinajstić information content (AvgIpc) is 3.46. The highest BCUT2D eigenvalue weighted by atomic mass is 16.2. The first-order chi connectivity index (χ1) is 14.2. The van der Waals surface area contributed by atoms with Gasteiger partial charge in [-0.15, -0.1) is 0 Å². The van der Waals surface area contributed by atoms with Crippen LogP contribution in [0.4, 0.5) is 0 Å². The molecule has 0 spiro atoms. The van der Waals surface area contributed by atoms with Gasteiger partial charge < -0.3 is 10.2 Å². The molecule has 2 N–H and O–H groups in total. The van der Waals surface area contributed by atoms with Gasteiger partial charge in [-0.05, 0) is 63.3 Å². The van der Waals surface area contributed by atoms with E-state index in [9.17, 15) is 9.59 Å². The molecule has 8 heteroatoms. The fraction of sp³-hybridized carbons (Fsp3) is 0.619. The van der Waals surface area contributed by atoms with Crippen molar-refractivity contribution in [2.45, 2.75) is 50.6 Å². The Morgan fingerprint density at radius 1 is 1.00 bits per heavy atom. The van der Waals surface area contributed by atoms with E-state index < -0.39 is 0 Å². The van der Waals surface area contributed by atoms with E-state index in [2.05, 4.69) is 25.6 Å². The van der Waals surface area contributed by atoms with Crippen molar-refractivity contribution in [3.05, 3.63) is 23.8 Å². The lowest BCUT2D eigenvalue weighted by atomic mass is 9.93. The van der Waals surface area contributed by atoms with Gasteiger partial charge >= 0.3 is 0 Å². The topological polar surface area (TPSA) is 94.2 Å². The molecule has 1 aliphatic carbocycles. The highest BCUT2D eigenvalue weighted by molar-refractivity contribution is 5.97. The molecule has 2 aliphatic heterocycles. The summed E-state index contributed by atoms with van der Waals surface area (Å²) in [6.07, 6.45) is 6.29. The van der Waals surface area contributed by atoms with Crippen LogP contribution in [0.25, 0.3) is 11.0 Å². The van der Waals surface area contributed by atoms with E-state index in [0.29, 0.717) is 17.6 Å². The SMILES string of the molecule is O=C(NC1CC1)[C@@H]1CCCN(C2CCN(C(=O)c3ccc4n[nH]nc4c3)CC2)C1. The predicted molar refractivity (Wildman–Crippen MR) is 108 cm³/mol. The standard InChI is InChI=1S/C21H28N6O2/c28-20(22-16-4-5-16)15-2-1-9-27(13-15)17-7-10-26(11-8-17)21(29)14-3-6-18-19(12-14)24-25-23-18/h3,6,12,15-17H,1-2,4-5,7-11,13H2,(H,22,28)(H,23,24,25)/t15-/m1/s1. The number of nitrogens with one attached hydrogen (secondary N) is 2. The van der Waals surface area contributed by atoms with Crippen LogP contribution in [0.3, 0.4) is 0 Å². The Labute approximate surface area is 170 Å². The minimum absolute atomic E-state index is 0.0636. The molecule has 1 saturated carbocycles. The quantitative estimate of drug-likeness (QED) is 0.818. The number of benzene rings is 1. The van der Waals surface area contributed by atoms with Crippen molar-refractivity contribution in [2.24, 2.45) is 5.92 Å². The average molecular weight is 396 g/mol. The molecule has 3 aliphatic rings. The van der Waals surface area contributed by atoms with Crippen molar-refractivity contribution in [3.63, 3.8) is 0 Å². The summed E-state index contributed by atoms with van der Waals surface area (Å²) in [5.41, 5.74) is 2.15. The smallest absolute Gasteiger partial charge is 0.253 e. The monoisotopic (exact) mass is 396 g/mol. The number of amides is 2. The first kappa shape index (κ1) is 18.5. The summed E-state index contributed by atoms with van der Waals surface area (Å²) in [6, 6.07) is 6.37. The molecule has 2 amide bonds. The number of carbonyl (C=O) groups excluding carboxylic acids is 2. The summed E-state index contributed by atoms with van der Waals surface area (Å²) in [4.78, 5) is 29.8. The third kappa shape index (κ3) is 3.99. The van der Waals surface area contributed by atoms with E-state index in [-0.39, 0.29) is 17.7 Å². The third-order valence-electron chi connectivity index (χ3n) is 6.58. The molecule has 0 unspecified atom stereocenters. The minimum Gasteiger partial charge on any atom is -0.353 e. The minimum atomic E-state index is 0.0636. The van der Waals surface area contributed by atoms with Gasteiger partial charge in [0.25, 0.3) is 5.91 Å². The highest BCUT2D eigenvalue weighted by Gasteiger charge is 2.34. The van der Waals surface area contributed by atoms with Crippen molar-refractivity contribution >= 4 is 22.8 Å². The number of aromatic nitrogens is 3. The van der Waals surface area contributed by atoms with E-state index in [0.717, 1.165) is 75.7 Å². The zero-order valence-electron chi connectivity index (χ0n) is 16.6. The molecule has 1 aromatic carbocycles. The second kappa shape index (κ2) is 7.74. The van der Waals surface area contributed by atoms with Crippen LogP contribution in [0.15, 0.2) is 18.2 Å². The molecular formula is C21H28N6O2. The molecule has 0 bridgehead atoms. The summed E-state index contributed by atoms with van der Waals surface area (Å²) in [7, 11) is 0. The Morgan fingerprint density at radius 3 is 2.59 bits per heavy atom. The van der Waals surface area contributed by atoms with Gasteiger partial charge in [0, 0.05) is 37.3 Å². The van der Waals surface area contributed by atoms with Gasteiger partial charge in [0.15, 0.2) is 0 Å². The summed E-state index contributed by atoms with van der Waals surface area (Å²) in [6.45, 7) is 3.44. The molecule has 3 fully saturated rings. The summed E-state index contributed by atoms with van der Waals surface area (Å²) >= 11 is 0. The molecule has 1 aromatic heterocycles. The van der Waals surface area contributed by atoms with Gasteiger partial charge in [0.1, 0.15) is 11.0 Å². The predicted octanol–water partition coefficient (Wildman–Crippen LogP) is 1.55. The van der Waals surface area contributed by atoms with Crippen molar-refractivity contribution in [1.82, 2.24) is 30.5 Å². The maximum absolute atomic E-state index is 12.9. The second-order valence-electron chi connectivity index (χ2n) is 8.67. The Balaban J connectivity index is 1.16. The van der Waals surface area contributed by atoms with Crippen LogP contribution < -0.4 is 5.32 Å². The van der Waals surface area contributed by atoms with Crippen LogP contribution in [-0.2, 0) is 4.79 Å². The van der Waals surface area contributed by atoms with Crippen molar-refractivity contribution < 1.29 is 9.59 Å². The first-order valence-corrected chi connectivity index (χ1v) is 10.8.